The Bertz CT molecular complexity index is 896. The van der Waals surface area contributed by atoms with Gasteiger partial charge in [-0.05, 0) is 43.3 Å². The van der Waals surface area contributed by atoms with Gasteiger partial charge in [0.2, 0.25) is 0 Å². The van der Waals surface area contributed by atoms with Crippen LogP contribution in [0.3, 0.4) is 0 Å². The molecule has 27 heavy (non-hydrogen) atoms. The van der Waals surface area contributed by atoms with Crippen LogP contribution in [0.15, 0.2) is 59.1 Å². The summed E-state index contributed by atoms with van der Waals surface area (Å²) in [6.45, 7) is -1.11. The van der Waals surface area contributed by atoms with E-state index in [1.54, 1.807) is 19.1 Å². The van der Waals surface area contributed by atoms with E-state index in [1.807, 2.05) is 18.2 Å². The Morgan fingerprint density at radius 3 is 2.48 bits per heavy atom. The normalized spacial score (nSPS) is 10.7. The number of hydrogen-bond donors (Lipinski definition) is 1. The zero-order valence-corrected chi connectivity index (χ0v) is 14.3. The summed E-state index contributed by atoms with van der Waals surface area (Å²) in [6.07, 6.45) is 0. The van der Waals surface area contributed by atoms with Crippen molar-refractivity contribution in [2.45, 2.75) is 20.1 Å². The number of anilines is 1. The van der Waals surface area contributed by atoms with Crippen molar-refractivity contribution < 1.29 is 27.6 Å². The number of carbonyl (C=O) groups is 1. The molecule has 0 atom stereocenters. The Morgan fingerprint density at radius 2 is 1.81 bits per heavy atom. The zero-order chi connectivity index (χ0) is 19.2. The number of nitrogens with one attached hydrogen (secondary N) is 1. The number of para-hydroxylation sites is 1. The Hall–Kier alpha value is -3.42. The van der Waals surface area contributed by atoms with Gasteiger partial charge in [0, 0.05) is 5.69 Å². The highest BCUT2D eigenvalue weighted by molar-refractivity contribution is 6.03. The average molecular weight is 374 g/mol. The zero-order valence-electron chi connectivity index (χ0n) is 14.3. The second-order valence-electron chi connectivity index (χ2n) is 5.52. The molecule has 0 fully saturated rings. The van der Waals surface area contributed by atoms with Crippen molar-refractivity contribution in [2.75, 3.05) is 5.32 Å². The summed E-state index contributed by atoms with van der Waals surface area (Å²) < 4.78 is 39.4. The second-order valence-corrected chi connectivity index (χ2v) is 5.52. The van der Waals surface area contributed by atoms with E-state index in [0.29, 0.717) is 22.8 Å². The fourth-order valence-electron chi connectivity index (χ4n) is 2.32. The number of carbonyl (C=O) groups excluding carboxylic acids is 1. The quantitative estimate of drug-likeness (QED) is 0.663. The van der Waals surface area contributed by atoms with Crippen LogP contribution in [0.4, 0.5) is 14.5 Å². The van der Waals surface area contributed by atoms with Gasteiger partial charge < -0.3 is 19.3 Å². The number of rotatable bonds is 7. The maximum absolute atomic E-state index is 12.5. The van der Waals surface area contributed by atoms with Gasteiger partial charge in [0.1, 0.15) is 23.9 Å². The van der Waals surface area contributed by atoms with Gasteiger partial charge in [-0.15, -0.1) is 0 Å². The van der Waals surface area contributed by atoms with Crippen molar-refractivity contribution in [2.24, 2.45) is 0 Å². The molecular weight excluding hydrogens is 358 g/mol. The molecule has 0 aliphatic carbocycles. The fourth-order valence-corrected chi connectivity index (χ4v) is 2.32. The third kappa shape index (κ3) is 4.81. The van der Waals surface area contributed by atoms with E-state index in [4.69, 9.17) is 9.26 Å². The maximum Gasteiger partial charge on any atom is 0.387 e. The maximum atomic E-state index is 12.5. The smallest absolute Gasteiger partial charge is 0.387 e. The van der Waals surface area contributed by atoms with Gasteiger partial charge in [-0.2, -0.15) is 8.78 Å². The lowest BCUT2D eigenvalue weighted by Crippen LogP contribution is -2.15. The molecule has 0 unspecified atom stereocenters. The Morgan fingerprint density at radius 1 is 1.11 bits per heavy atom. The predicted octanol–water partition coefficient (Wildman–Crippen LogP) is 4.42. The number of ether oxygens (including phenoxy) is 2. The molecule has 1 N–H and O–H groups in total. The first kappa shape index (κ1) is 18.4. The van der Waals surface area contributed by atoms with Crippen LogP contribution in [0.1, 0.15) is 21.8 Å². The average Bonchev–Trinajstić information content (AvgIpc) is 3.03. The third-order valence-corrected chi connectivity index (χ3v) is 3.66. The van der Waals surface area contributed by atoms with E-state index in [1.165, 1.54) is 24.3 Å². The van der Waals surface area contributed by atoms with Crippen LogP contribution < -0.4 is 14.8 Å². The van der Waals surface area contributed by atoms with Crippen molar-refractivity contribution in [3.63, 3.8) is 0 Å². The van der Waals surface area contributed by atoms with Gasteiger partial charge >= 0.3 is 6.61 Å². The van der Waals surface area contributed by atoms with E-state index < -0.39 is 12.5 Å². The molecule has 140 valence electrons. The van der Waals surface area contributed by atoms with Gasteiger partial charge in [-0.1, -0.05) is 23.4 Å². The van der Waals surface area contributed by atoms with E-state index in [0.717, 1.165) is 0 Å². The molecule has 3 rings (SSSR count). The van der Waals surface area contributed by atoms with Crippen LogP contribution in [0.5, 0.6) is 11.5 Å². The van der Waals surface area contributed by atoms with Crippen molar-refractivity contribution in [3.8, 4) is 11.5 Å². The number of hydrogen-bond acceptors (Lipinski definition) is 5. The molecule has 1 heterocycles. The fraction of sp³-hybridized carbons (Fsp3) is 0.158. The van der Waals surface area contributed by atoms with Crippen molar-refractivity contribution in [1.82, 2.24) is 5.16 Å². The first-order valence-corrected chi connectivity index (χ1v) is 8.02. The first-order valence-electron chi connectivity index (χ1n) is 8.02. The highest BCUT2D eigenvalue weighted by Crippen LogP contribution is 2.21. The molecule has 0 radical (unpaired) electrons. The number of amides is 1. The second kappa shape index (κ2) is 8.31. The van der Waals surface area contributed by atoms with E-state index in [-0.39, 0.29) is 18.1 Å². The molecular formula is C19H16F2N2O4. The SMILES string of the molecule is Cc1onc(C(=O)Nc2ccc(OC(F)F)cc2)c1COc1ccccc1. The van der Waals surface area contributed by atoms with Crippen LogP contribution in [0, 0.1) is 6.92 Å². The molecule has 2 aromatic carbocycles. The molecule has 8 heteroatoms. The van der Waals surface area contributed by atoms with Gasteiger partial charge in [0.15, 0.2) is 5.69 Å². The molecule has 6 nitrogen and oxygen atoms in total. The monoisotopic (exact) mass is 374 g/mol. The first-order chi connectivity index (χ1) is 13.0. The Labute approximate surface area is 153 Å². The van der Waals surface area contributed by atoms with Gasteiger partial charge in [-0.3, -0.25) is 4.79 Å². The largest absolute Gasteiger partial charge is 0.489 e. The van der Waals surface area contributed by atoms with Crippen LogP contribution >= 0.6 is 0 Å². The van der Waals surface area contributed by atoms with E-state index in [9.17, 15) is 13.6 Å². The summed E-state index contributed by atoms with van der Waals surface area (Å²) in [5.41, 5.74) is 1.02. The molecule has 0 bridgehead atoms. The lowest BCUT2D eigenvalue weighted by molar-refractivity contribution is -0.0498. The van der Waals surface area contributed by atoms with Crippen LogP contribution in [-0.4, -0.2) is 17.7 Å². The number of aryl methyl sites for hydroxylation is 1. The number of halogens is 2. The molecule has 0 saturated carbocycles. The Kier molecular flexibility index (Phi) is 5.65. The minimum Gasteiger partial charge on any atom is -0.489 e. The molecule has 0 saturated heterocycles. The van der Waals surface area contributed by atoms with Gasteiger partial charge in [-0.25, -0.2) is 0 Å². The lowest BCUT2D eigenvalue weighted by atomic mass is 10.2. The summed E-state index contributed by atoms with van der Waals surface area (Å²) >= 11 is 0. The van der Waals surface area contributed by atoms with Crippen molar-refractivity contribution >= 4 is 11.6 Å². The summed E-state index contributed by atoms with van der Waals surface area (Å²) in [6, 6.07) is 14.7. The highest BCUT2D eigenvalue weighted by atomic mass is 19.3. The minimum atomic E-state index is -2.91. The number of alkyl halides is 2. The van der Waals surface area contributed by atoms with E-state index >= 15 is 0 Å². The number of nitrogens with zero attached hydrogens (tertiary/aromatic N) is 1. The van der Waals surface area contributed by atoms with Crippen molar-refractivity contribution in [3.05, 3.63) is 71.6 Å². The summed E-state index contributed by atoms with van der Waals surface area (Å²) in [5.74, 6) is 0.620. The van der Waals surface area contributed by atoms with Crippen LogP contribution in [0.2, 0.25) is 0 Å². The van der Waals surface area contributed by atoms with E-state index in [2.05, 4.69) is 15.2 Å². The lowest BCUT2D eigenvalue weighted by Gasteiger charge is -2.08. The number of aromatic nitrogens is 1. The minimum absolute atomic E-state index is 0.00257. The molecule has 0 aliphatic rings. The number of benzene rings is 2. The standard InChI is InChI=1S/C19H16F2N2O4/c1-12-16(11-25-14-5-3-2-4-6-14)17(23-27-12)18(24)22-13-7-9-15(10-8-13)26-19(20)21/h2-10,19H,11H2,1H3,(H,22,24). The molecule has 0 aliphatic heterocycles. The van der Waals surface area contributed by atoms with Gasteiger partial charge in [0.05, 0.1) is 5.56 Å². The molecule has 1 amide bonds. The summed E-state index contributed by atoms with van der Waals surface area (Å²) in [4.78, 5) is 12.5. The van der Waals surface area contributed by atoms with Crippen LogP contribution in [-0.2, 0) is 6.61 Å². The predicted molar refractivity (Wildman–Crippen MR) is 93.0 cm³/mol. The van der Waals surface area contributed by atoms with Crippen LogP contribution in [0.25, 0.3) is 0 Å². The topological polar surface area (TPSA) is 73.6 Å². The summed E-state index contributed by atoms with van der Waals surface area (Å²) in [5, 5.41) is 6.42. The summed E-state index contributed by atoms with van der Waals surface area (Å²) in [7, 11) is 0. The molecule has 0 spiro atoms. The van der Waals surface area contributed by atoms with Gasteiger partial charge in [0.25, 0.3) is 5.91 Å². The third-order valence-electron chi connectivity index (χ3n) is 3.66. The van der Waals surface area contributed by atoms with Crippen molar-refractivity contribution in [1.29, 1.82) is 0 Å². The highest BCUT2D eigenvalue weighted by Gasteiger charge is 2.20. The molecule has 1 aromatic heterocycles. The molecule has 3 aromatic rings. The Balaban J connectivity index is 1.68.